The average molecular weight is 331 g/mol. The highest BCUT2D eigenvalue weighted by Gasteiger charge is 2.29. The minimum absolute atomic E-state index is 0.0501. The van der Waals surface area contributed by atoms with Gasteiger partial charge in [0.25, 0.3) is 0 Å². The van der Waals surface area contributed by atoms with E-state index in [1.54, 1.807) is 18.4 Å². The maximum absolute atomic E-state index is 11.8. The van der Waals surface area contributed by atoms with E-state index >= 15 is 0 Å². The van der Waals surface area contributed by atoms with Gasteiger partial charge >= 0.3 is 0 Å². The topological polar surface area (TPSA) is 42.8 Å². The van der Waals surface area contributed by atoms with Crippen molar-refractivity contribution in [1.82, 2.24) is 5.32 Å². The van der Waals surface area contributed by atoms with Crippen molar-refractivity contribution in [3.8, 4) is 0 Å². The number of nitrogens with one attached hydrogen (secondary N) is 2. The Morgan fingerprint density at radius 1 is 1.30 bits per heavy atom. The summed E-state index contributed by atoms with van der Waals surface area (Å²) in [6.45, 7) is 2.88. The van der Waals surface area contributed by atoms with Crippen LogP contribution in [0.5, 0.6) is 0 Å². The monoisotopic (exact) mass is 331 g/mol. The average Bonchev–Trinajstić information content (AvgIpc) is 3.09. The summed E-state index contributed by atoms with van der Waals surface area (Å²) in [7, 11) is 1.54. The number of hydrogen-bond donors (Lipinski definition) is 2. The van der Waals surface area contributed by atoms with Gasteiger partial charge in [-0.05, 0) is 17.0 Å². The molecule has 0 fully saturated rings. The van der Waals surface area contributed by atoms with E-state index in [1.807, 2.05) is 0 Å². The molecule has 5 heteroatoms. The summed E-state index contributed by atoms with van der Waals surface area (Å²) in [5.74, 6) is -0.0501. The molecule has 2 atom stereocenters. The normalized spacial score (nSPS) is 18.2. The van der Waals surface area contributed by atoms with Crippen molar-refractivity contribution < 1.29 is 14.4 Å². The number of fused-ring (bicyclic) bond motifs is 1. The molecule has 0 saturated carbocycles. The maximum atomic E-state index is 11.8. The van der Waals surface area contributed by atoms with Gasteiger partial charge < -0.3 is 15.0 Å². The van der Waals surface area contributed by atoms with Crippen LogP contribution in [0.25, 0.3) is 0 Å². The first-order valence-electron chi connectivity index (χ1n) is 7.98. The van der Waals surface area contributed by atoms with E-state index in [9.17, 15) is 4.79 Å². The molecule has 1 unspecified atom stereocenters. The van der Waals surface area contributed by atoms with Crippen molar-refractivity contribution in [2.24, 2.45) is 0 Å². The van der Waals surface area contributed by atoms with Gasteiger partial charge in [0.15, 0.2) is 0 Å². The molecule has 0 spiro atoms. The van der Waals surface area contributed by atoms with Gasteiger partial charge in [-0.3, -0.25) is 4.79 Å². The number of benzene rings is 1. The number of rotatable bonds is 6. The highest BCUT2D eigenvalue weighted by atomic mass is 32.1. The molecule has 1 aliphatic rings. The molecular formula is C18H23N2O2S+. The molecule has 4 nitrogen and oxygen atoms in total. The molecule has 0 bridgehead atoms. The van der Waals surface area contributed by atoms with Crippen LogP contribution in [0.4, 0.5) is 0 Å². The number of thiophene rings is 1. The summed E-state index contributed by atoms with van der Waals surface area (Å²) in [6.07, 6.45) is 1.10. The second kappa shape index (κ2) is 7.73. The number of amides is 1. The van der Waals surface area contributed by atoms with E-state index in [4.69, 9.17) is 4.74 Å². The van der Waals surface area contributed by atoms with Crippen molar-refractivity contribution >= 4 is 17.2 Å². The molecule has 1 aromatic carbocycles. The lowest BCUT2D eigenvalue weighted by Gasteiger charge is -2.32. The van der Waals surface area contributed by atoms with Gasteiger partial charge in [0, 0.05) is 19.1 Å². The fraction of sp³-hybridized carbons (Fsp3) is 0.389. The summed E-state index contributed by atoms with van der Waals surface area (Å²) in [4.78, 5) is 14.6. The zero-order valence-corrected chi connectivity index (χ0v) is 14.2. The fourth-order valence-corrected chi connectivity index (χ4v) is 4.12. The molecule has 122 valence electrons. The molecule has 2 N–H and O–H groups in total. The van der Waals surface area contributed by atoms with Gasteiger partial charge in [0.2, 0.25) is 5.91 Å². The molecule has 2 aromatic rings. The lowest BCUT2D eigenvalue weighted by molar-refractivity contribution is -0.945. The standard InChI is InChI=1S/C18H22N2O2S/c1-22-13-18(21)19-11-16(17-7-4-10-23-17)20-9-8-14-5-2-3-6-15(14)12-20/h2-7,10,16H,8-9,11-13H2,1H3,(H,19,21)/p+1/t16-/m1/s1. The number of quaternary nitrogens is 1. The minimum Gasteiger partial charge on any atom is -0.375 e. The second-order valence-corrected chi connectivity index (χ2v) is 6.89. The molecule has 1 aliphatic heterocycles. The first-order valence-corrected chi connectivity index (χ1v) is 8.86. The summed E-state index contributed by atoms with van der Waals surface area (Å²) >= 11 is 1.77. The molecule has 0 aliphatic carbocycles. The maximum Gasteiger partial charge on any atom is 0.246 e. The van der Waals surface area contributed by atoms with Gasteiger partial charge in [-0.2, -0.15) is 0 Å². The highest BCUT2D eigenvalue weighted by Crippen LogP contribution is 2.18. The molecular weight excluding hydrogens is 308 g/mol. The Morgan fingerprint density at radius 2 is 2.13 bits per heavy atom. The molecule has 1 amide bonds. The number of carbonyl (C=O) groups is 1. The minimum atomic E-state index is -0.0501. The number of ether oxygens (including phenoxy) is 1. The van der Waals surface area contributed by atoms with E-state index < -0.39 is 0 Å². The number of methoxy groups -OCH3 is 1. The smallest absolute Gasteiger partial charge is 0.246 e. The third-order valence-corrected chi connectivity index (χ3v) is 5.40. The molecule has 2 heterocycles. The molecule has 0 radical (unpaired) electrons. The van der Waals surface area contributed by atoms with Crippen molar-refractivity contribution in [2.45, 2.75) is 19.0 Å². The predicted octanol–water partition coefficient (Wildman–Crippen LogP) is 1.19. The predicted molar refractivity (Wildman–Crippen MR) is 91.6 cm³/mol. The van der Waals surface area contributed by atoms with Crippen LogP contribution in [0.1, 0.15) is 22.0 Å². The first kappa shape index (κ1) is 16.2. The van der Waals surface area contributed by atoms with Crippen LogP contribution in [0.2, 0.25) is 0 Å². The quantitative estimate of drug-likeness (QED) is 0.835. The molecule has 1 aromatic heterocycles. The first-order chi connectivity index (χ1) is 11.3. The van der Waals surface area contributed by atoms with Crippen LogP contribution in [-0.4, -0.2) is 32.7 Å². The highest BCUT2D eigenvalue weighted by molar-refractivity contribution is 7.10. The molecule has 0 saturated heterocycles. The Morgan fingerprint density at radius 3 is 2.87 bits per heavy atom. The number of carbonyl (C=O) groups excluding carboxylic acids is 1. The van der Waals surface area contributed by atoms with Crippen LogP contribution < -0.4 is 10.2 Å². The Bertz CT molecular complexity index is 642. The zero-order valence-electron chi connectivity index (χ0n) is 13.4. The third kappa shape index (κ3) is 3.99. The Labute approximate surface area is 141 Å². The van der Waals surface area contributed by atoms with Gasteiger partial charge in [-0.15, -0.1) is 11.3 Å². The summed E-state index contributed by atoms with van der Waals surface area (Å²) in [6, 6.07) is 13.2. The Hall–Kier alpha value is -1.69. The van der Waals surface area contributed by atoms with Crippen LogP contribution in [0.15, 0.2) is 41.8 Å². The largest absolute Gasteiger partial charge is 0.375 e. The molecule has 23 heavy (non-hydrogen) atoms. The zero-order chi connectivity index (χ0) is 16.1. The van der Waals surface area contributed by atoms with Gasteiger partial charge in [0.05, 0.1) is 18.0 Å². The van der Waals surface area contributed by atoms with E-state index in [2.05, 4.69) is 47.1 Å². The lowest BCUT2D eigenvalue weighted by atomic mass is 9.98. The summed E-state index contributed by atoms with van der Waals surface area (Å²) in [5.41, 5.74) is 2.89. The summed E-state index contributed by atoms with van der Waals surface area (Å²) < 4.78 is 4.90. The fourth-order valence-electron chi connectivity index (χ4n) is 3.23. The van der Waals surface area contributed by atoms with Crippen molar-refractivity contribution in [2.75, 3.05) is 26.8 Å². The number of hydrogen-bond acceptors (Lipinski definition) is 3. The van der Waals surface area contributed by atoms with Crippen LogP contribution in [-0.2, 0) is 22.5 Å². The van der Waals surface area contributed by atoms with Gasteiger partial charge in [-0.1, -0.05) is 30.3 Å². The van der Waals surface area contributed by atoms with Crippen molar-refractivity contribution in [3.63, 3.8) is 0 Å². The SMILES string of the molecule is COCC(=O)NC[C@H](c1cccs1)[NH+]1CCc2ccccc2C1. The lowest BCUT2D eigenvalue weighted by Crippen LogP contribution is -3.12. The van der Waals surface area contributed by atoms with Gasteiger partial charge in [-0.25, -0.2) is 0 Å². The van der Waals surface area contributed by atoms with E-state index in [0.29, 0.717) is 12.6 Å². The third-order valence-electron chi connectivity index (χ3n) is 4.41. The Kier molecular flexibility index (Phi) is 5.43. The van der Waals surface area contributed by atoms with Crippen LogP contribution in [0.3, 0.4) is 0 Å². The van der Waals surface area contributed by atoms with Crippen LogP contribution in [0, 0.1) is 0 Å². The van der Waals surface area contributed by atoms with Crippen molar-refractivity contribution in [3.05, 3.63) is 57.8 Å². The van der Waals surface area contributed by atoms with E-state index in [-0.39, 0.29) is 12.5 Å². The van der Waals surface area contributed by atoms with E-state index in [0.717, 1.165) is 19.5 Å². The second-order valence-electron chi connectivity index (χ2n) is 5.91. The van der Waals surface area contributed by atoms with Crippen molar-refractivity contribution in [1.29, 1.82) is 0 Å². The summed E-state index contributed by atoms with van der Waals surface area (Å²) in [5, 5.41) is 5.12. The van der Waals surface area contributed by atoms with Gasteiger partial charge in [0.1, 0.15) is 19.2 Å². The van der Waals surface area contributed by atoms with Crippen LogP contribution >= 0.6 is 11.3 Å². The Balaban J connectivity index is 1.73. The molecule has 3 rings (SSSR count). The van der Waals surface area contributed by atoms with E-state index in [1.165, 1.54) is 20.9 Å².